The molecule has 3 saturated heterocycles. The van der Waals surface area contributed by atoms with E-state index in [0.29, 0.717) is 5.75 Å². The zero-order valence-corrected chi connectivity index (χ0v) is 11.3. The number of ether oxygens (including phenoxy) is 1. The smallest absolute Gasteiger partial charge is 0.329 e. The van der Waals surface area contributed by atoms with Crippen molar-refractivity contribution in [2.75, 3.05) is 19.4 Å². The van der Waals surface area contributed by atoms with Gasteiger partial charge in [-0.2, -0.15) is 0 Å². The van der Waals surface area contributed by atoms with Gasteiger partial charge in [-0.15, -0.1) is 11.8 Å². The number of amides is 1. The third-order valence-electron chi connectivity index (χ3n) is 4.23. The summed E-state index contributed by atoms with van der Waals surface area (Å²) in [6.45, 7) is 0.903. The van der Waals surface area contributed by atoms with E-state index >= 15 is 0 Å². The fourth-order valence-corrected chi connectivity index (χ4v) is 4.77. The van der Waals surface area contributed by atoms with Crippen molar-refractivity contribution in [1.29, 1.82) is 0 Å². The second-order valence-corrected chi connectivity index (χ2v) is 6.42. The summed E-state index contributed by atoms with van der Waals surface area (Å²) >= 11 is 1.70. The van der Waals surface area contributed by atoms with Gasteiger partial charge in [-0.1, -0.05) is 0 Å². The molecule has 0 saturated carbocycles. The van der Waals surface area contributed by atoms with Crippen LogP contribution in [-0.4, -0.2) is 53.1 Å². The predicted octanol–water partition coefficient (Wildman–Crippen LogP) is 0.345. The molecule has 3 atom stereocenters. The van der Waals surface area contributed by atoms with E-state index in [2.05, 4.69) is 5.32 Å². The first-order chi connectivity index (χ1) is 8.68. The quantitative estimate of drug-likeness (QED) is 0.697. The fraction of sp³-hybridized carbons (Fsp3) is 0.833. The molecule has 0 aromatic carbocycles. The first kappa shape index (κ1) is 12.3. The van der Waals surface area contributed by atoms with E-state index < -0.39 is 5.54 Å². The van der Waals surface area contributed by atoms with E-state index in [1.54, 1.807) is 16.7 Å². The molecule has 0 bridgehead atoms. The van der Waals surface area contributed by atoms with Gasteiger partial charge in [0.05, 0.1) is 12.5 Å². The van der Waals surface area contributed by atoms with Gasteiger partial charge in [0.1, 0.15) is 11.6 Å². The molecule has 100 valence electrons. The van der Waals surface area contributed by atoms with Gasteiger partial charge in [0.15, 0.2) is 0 Å². The van der Waals surface area contributed by atoms with Crippen LogP contribution in [0.15, 0.2) is 0 Å². The molecule has 3 heterocycles. The Labute approximate surface area is 111 Å². The Morgan fingerprint density at radius 1 is 1.56 bits per heavy atom. The van der Waals surface area contributed by atoms with E-state index in [4.69, 9.17) is 4.74 Å². The normalized spacial score (nSPS) is 39.2. The van der Waals surface area contributed by atoms with Gasteiger partial charge in [-0.3, -0.25) is 4.79 Å². The minimum absolute atomic E-state index is 0.104. The monoisotopic (exact) mass is 270 g/mol. The number of piperidine rings is 1. The molecule has 3 fully saturated rings. The number of methoxy groups -OCH3 is 1. The topological polar surface area (TPSA) is 58.6 Å². The minimum Gasteiger partial charge on any atom is -0.467 e. The third-order valence-corrected chi connectivity index (χ3v) is 5.51. The number of carbonyl (C=O) groups is 2. The molecule has 3 aliphatic heterocycles. The van der Waals surface area contributed by atoms with Crippen molar-refractivity contribution in [3.8, 4) is 0 Å². The van der Waals surface area contributed by atoms with Gasteiger partial charge in [-0.05, 0) is 25.8 Å². The van der Waals surface area contributed by atoms with Gasteiger partial charge in [0.25, 0.3) is 0 Å². The van der Waals surface area contributed by atoms with Crippen molar-refractivity contribution < 1.29 is 14.3 Å². The van der Waals surface area contributed by atoms with Crippen LogP contribution in [0, 0.1) is 0 Å². The molecule has 3 rings (SSSR count). The first-order valence-electron chi connectivity index (χ1n) is 6.45. The number of carbonyl (C=O) groups excluding carboxylic acids is 2. The van der Waals surface area contributed by atoms with Gasteiger partial charge < -0.3 is 15.0 Å². The number of hydrogen-bond acceptors (Lipinski definition) is 5. The SMILES string of the molecule is COC(=O)[C@H]1CS[C@@H]2C[C@@]3(CCCCN3)C(=O)N12. The summed E-state index contributed by atoms with van der Waals surface area (Å²) in [4.78, 5) is 26.1. The molecule has 3 aliphatic rings. The van der Waals surface area contributed by atoms with Crippen molar-refractivity contribution >= 4 is 23.6 Å². The average molecular weight is 270 g/mol. The van der Waals surface area contributed by atoms with E-state index in [0.717, 1.165) is 32.2 Å². The highest BCUT2D eigenvalue weighted by Gasteiger charge is 2.57. The van der Waals surface area contributed by atoms with Crippen LogP contribution in [0.3, 0.4) is 0 Å². The highest BCUT2D eigenvalue weighted by atomic mass is 32.2. The van der Waals surface area contributed by atoms with Gasteiger partial charge in [-0.25, -0.2) is 4.79 Å². The first-order valence-corrected chi connectivity index (χ1v) is 7.50. The van der Waals surface area contributed by atoms with Gasteiger partial charge in [0, 0.05) is 12.2 Å². The van der Waals surface area contributed by atoms with Crippen molar-refractivity contribution in [3.05, 3.63) is 0 Å². The molecular weight excluding hydrogens is 252 g/mol. The summed E-state index contributed by atoms with van der Waals surface area (Å²) < 4.78 is 4.80. The number of esters is 1. The second kappa shape index (κ2) is 4.42. The van der Waals surface area contributed by atoms with Crippen molar-refractivity contribution in [1.82, 2.24) is 10.2 Å². The van der Waals surface area contributed by atoms with Crippen molar-refractivity contribution in [2.45, 2.75) is 42.6 Å². The summed E-state index contributed by atoms with van der Waals surface area (Å²) in [6.07, 6.45) is 3.94. The maximum Gasteiger partial charge on any atom is 0.329 e. The summed E-state index contributed by atoms with van der Waals surface area (Å²) in [5.41, 5.74) is -0.400. The number of thioether (sulfide) groups is 1. The predicted molar refractivity (Wildman–Crippen MR) is 68.1 cm³/mol. The van der Waals surface area contributed by atoms with Crippen LogP contribution < -0.4 is 5.32 Å². The zero-order valence-electron chi connectivity index (χ0n) is 10.5. The number of nitrogens with zero attached hydrogens (tertiary/aromatic N) is 1. The molecule has 0 unspecified atom stereocenters. The Bertz CT molecular complexity index is 382. The molecule has 1 spiro atoms. The maximum absolute atomic E-state index is 12.6. The molecular formula is C12H18N2O3S. The van der Waals surface area contributed by atoms with Gasteiger partial charge in [0.2, 0.25) is 5.91 Å². The number of rotatable bonds is 1. The number of nitrogens with one attached hydrogen (secondary N) is 1. The lowest BCUT2D eigenvalue weighted by Crippen LogP contribution is -2.56. The lowest BCUT2D eigenvalue weighted by Gasteiger charge is -2.33. The highest BCUT2D eigenvalue weighted by Crippen LogP contribution is 2.45. The lowest BCUT2D eigenvalue weighted by molar-refractivity contribution is -0.151. The molecule has 1 N–H and O–H groups in total. The van der Waals surface area contributed by atoms with Gasteiger partial charge >= 0.3 is 5.97 Å². The van der Waals surface area contributed by atoms with E-state index in [-0.39, 0.29) is 23.3 Å². The largest absolute Gasteiger partial charge is 0.467 e. The van der Waals surface area contributed by atoms with Crippen molar-refractivity contribution in [3.63, 3.8) is 0 Å². The molecule has 18 heavy (non-hydrogen) atoms. The van der Waals surface area contributed by atoms with E-state index in [9.17, 15) is 9.59 Å². The maximum atomic E-state index is 12.6. The lowest BCUT2D eigenvalue weighted by atomic mass is 9.87. The van der Waals surface area contributed by atoms with Crippen LogP contribution in [0.5, 0.6) is 0 Å². The Hall–Kier alpha value is -0.750. The molecule has 0 radical (unpaired) electrons. The zero-order chi connectivity index (χ0) is 12.8. The minimum atomic E-state index is -0.400. The molecule has 0 aromatic rings. The Morgan fingerprint density at radius 2 is 2.39 bits per heavy atom. The van der Waals surface area contributed by atoms with Crippen LogP contribution in [0.2, 0.25) is 0 Å². The second-order valence-electron chi connectivity index (χ2n) is 5.21. The molecule has 1 amide bonds. The van der Waals surface area contributed by atoms with Crippen LogP contribution >= 0.6 is 11.8 Å². The fourth-order valence-electron chi connectivity index (χ4n) is 3.27. The number of hydrogen-bond donors (Lipinski definition) is 1. The molecule has 6 heteroatoms. The third kappa shape index (κ3) is 1.66. The number of fused-ring (bicyclic) bond motifs is 1. The summed E-state index contributed by atoms with van der Waals surface area (Å²) in [6, 6.07) is -0.388. The van der Waals surface area contributed by atoms with E-state index in [1.165, 1.54) is 7.11 Å². The molecule has 0 aliphatic carbocycles. The standard InChI is InChI=1S/C12H18N2O3S/c1-17-10(15)8-7-18-9-6-12(11(16)14(8)9)4-2-3-5-13-12/h8-9,13H,2-7H2,1H3/t8-,9-,12+/m1/s1. The van der Waals surface area contributed by atoms with Crippen LogP contribution in [0.1, 0.15) is 25.7 Å². The Balaban J connectivity index is 1.83. The van der Waals surface area contributed by atoms with E-state index in [1.807, 2.05) is 0 Å². The van der Waals surface area contributed by atoms with Crippen LogP contribution in [0.25, 0.3) is 0 Å². The van der Waals surface area contributed by atoms with Crippen LogP contribution in [0.4, 0.5) is 0 Å². The summed E-state index contributed by atoms with van der Waals surface area (Å²) in [5.74, 6) is 0.484. The summed E-state index contributed by atoms with van der Waals surface area (Å²) in [7, 11) is 1.38. The molecule has 0 aromatic heterocycles. The highest BCUT2D eigenvalue weighted by molar-refractivity contribution is 8.00. The summed E-state index contributed by atoms with van der Waals surface area (Å²) in [5, 5.41) is 3.54. The van der Waals surface area contributed by atoms with Crippen LogP contribution in [-0.2, 0) is 14.3 Å². The Morgan fingerprint density at radius 3 is 3.06 bits per heavy atom. The molecule has 5 nitrogen and oxygen atoms in total. The average Bonchev–Trinajstić information content (AvgIpc) is 2.90. The Kier molecular flexibility index (Phi) is 3.02. The van der Waals surface area contributed by atoms with Crippen molar-refractivity contribution in [2.24, 2.45) is 0 Å².